The molecule has 3 heterocycles. The largest absolute Gasteiger partial charge is 0.476 e. The SMILES string of the molecule is CCCOC(=O)[C@H](C)NP(=O)(OC[C@H]1O[C@@H](n2cnc3c(OCC)nc(N)nc32)[C@](C)(F)[C@@H]1O)Oc1ccccc1. The lowest BCUT2D eigenvalue weighted by molar-refractivity contribution is -0.145. The fourth-order valence-corrected chi connectivity index (χ4v) is 5.67. The predicted octanol–water partition coefficient (Wildman–Crippen LogP) is 2.93. The Morgan fingerprint density at radius 3 is 2.73 bits per heavy atom. The number of carbonyl (C=O) groups excluding carboxylic acids is 1. The Hall–Kier alpha value is -3.36. The zero-order chi connectivity index (χ0) is 29.8. The van der Waals surface area contributed by atoms with Gasteiger partial charge in [-0.25, -0.2) is 13.9 Å². The van der Waals surface area contributed by atoms with Gasteiger partial charge in [-0.3, -0.25) is 13.9 Å². The molecule has 1 aromatic carbocycles. The number of imidazole rings is 1. The molecule has 4 rings (SSSR count). The number of nitrogens with zero attached hydrogens (tertiary/aromatic N) is 4. The van der Waals surface area contributed by atoms with Gasteiger partial charge in [0.2, 0.25) is 11.8 Å². The van der Waals surface area contributed by atoms with Gasteiger partial charge in [0.05, 0.1) is 26.1 Å². The van der Waals surface area contributed by atoms with Crippen LogP contribution < -0.4 is 20.1 Å². The Balaban J connectivity index is 1.55. The fraction of sp³-hybridized carbons (Fsp3) is 0.520. The smallest absolute Gasteiger partial charge is 0.459 e. The average Bonchev–Trinajstić information content (AvgIpc) is 3.44. The molecule has 41 heavy (non-hydrogen) atoms. The van der Waals surface area contributed by atoms with Crippen LogP contribution in [0.4, 0.5) is 10.3 Å². The minimum atomic E-state index is -4.28. The Kier molecular flexibility index (Phi) is 9.44. The molecular weight excluding hydrogens is 562 g/mol. The van der Waals surface area contributed by atoms with Crippen molar-refractivity contribution >= 4 is 30.8 Å². The summed E-state index contributed by atoms with van der Waals surface area (Å²) in [6.45, 7) is 6.07. The summed E-state index contributed by atoms with van der Waals surface area (Å²) in [5.41, 5.74) is 3.80. The van der Waals surface area contributed by atoms with E-state index in [0.717, 1.165) is 6.92 Å². The standard InChI is InChI=1S/C25H34FN6O8P/c1-5-12-37-22(34)15(3)31-41(35,40-16-10-8-7-9-11-16)38-13-17-19(33)25(4,26)23(39-17)32-14-28-18-20(32)29-24(27)30-21(18)36-6-2/h7-11,14-15,17,19,23,33H,5-6,12-13H2,1-4H3,(H,31,35)(H2,27,29,30)/t15-,17+,19+,23+,25+,41?/m0/s1. The molecule has 0 radical (unpaired) electrons. The summed E-state index contributed by atoms with van der Waals surface area (Å²) in [5.74, 6) is -0.492. The molecule has 0 saturated carbocycles. The summed E-state index contributed by atoms with van der Waals surface area (Å²) in [6, 6.07) is 7.06. The quantitative estimate of drug-likeness (QED) is 0.194. The second-order valence-corrected chi connectivity index (χ2v) is 11.2. The molecule has 1 unspecified atom stereocenters. The lowest BCUT2D eigenvalue weighted by Gasteiger charge is -2.25. The summed E-state index contributed by atoms with van der Waals surface area (Å²) >= 11 is 0. The first-order chi connectivity index (χ1) is 19.5. The molecule has 224 valence electrons. The van der Waals surface area contributed by atoms with E-state index in [1.165, 1.54) is 17.8 Å². The van der Waals surface area contributed by atoms with Crippen molar-refractivity contribution in [1.82, 2.24) is 24.6 Å². The number of nitrogens with two attached hydrogens (primary N) is 1. The number of halogens is 1. The van der Waals surface area contributed by atoms with Gasteiger partial charge in [-0.2, -0.15) is 15.1 Å². The number of aliphatic hydroxyl groups is 1. The van der Waals surface area contributed by atoms with Crippen LogP contribution in [-0.4, -0.2) is 74.3 Å². The van der Waals surface area contributed by atoms with Gasteiger partial charge < -0.3 is 29.6 Å². The maximum atomic E-state index is 16.0. The molecule has 0 bridgehead atoms. The molecule has 2 aromatic heterocycles. The maximum Gasteiger partial charge on any atom is 0.459 e. The zero-order valence-electron chi connectivity index (χ0n) is 23.1. The van der Waals surface area contributed by atoms with Crippen molar-refractivity contribution in [2.75, 3.05) is 25.6 Å². The summed E-state index contributed by atoms with van der Waals surface area (Å²) < 4.78 is 58.7. The minimum absolute atomic E-state index is 0.115. The van der Waals surface area contributed by atoms with Gasteiger partial charge in [0.15, 0.2) is 23.1 Å². The van der Waals surface area contributed by atoms with Gasteiger partial charge in [0.1, 0.15) is 24.0 Å². The number of alkyl halides is 1. The molecule has 3 aromatic rings. The maximum absolute atomic E-state index is 16.0. The molecule has 0 amide bonds. The second kappa shape index (κ2) is 12.7. The van der Waals surface area contributed by atoms with Crippen LogP contribution in [-0.2, 0) is 23.4 Å². The number of nitrogens with one attached hydrogen (secondary N) is 1. The number of hydrogen-bond acceptors (Lipinski definition) is 12. The normalized spacial score (nSPS) is 24.6. The minimum Gasteiger partial charge on any atom is -0.476 e. The summed E-state index contributed by atoms with van der Waals surface area (Å²) in [6.07, 6.45) is -2.59. The molecule has 1 aliphatic rings. The number of para-hydroxylation sites is 1. The van der Waals surface area contributed by atoms with E-state index >= 15 is 4.39 Å². The van der Waals surface area contributed by atoms with Crippen molar-refractivity contribution in [1.29, 1.82) is 0 Å². The summed E-state index contributed by atoms with van der Waals surface area (Å²) in [4.78, 5) is 24.7. The third-order valence-electron chi connectivity index (χ3n) is 6.19. The number of aromatic nitrogens is 4. The second-order valence-electron chi connectivity index (χ2n) is 9.48. The molecule has 4 N–H and O–H groups in total. The van der Waals surface area contributed by atoms with Crippen LogP contribution >= 0.6 is 7.75 Å². The molecule has 1 saturated heterocycles. The number of fused-ring (bicyclic) bond motifs is 1. The third-order valence-corrected chi connectivity index (χ3v) is 7.83. The van der Waals surface area contributed by atoms with Gasteiger partial charge in [-0.15, -0.1) is 0 Å². The van der Waals surface area contributed by atoms with Crippen LogP contribution in [0.25, 0.3) is 11.2 Å². The van der Waals surface area contributed by atoms with Crippen molar-refractivity contribution in [2.45, 2.75) is 64.3 Å². The number of rotatable bonds is 13. The average molecular weight is 597 g/mol. The molecule has 14 nitrogen and oxygen atoms in total. The highest BCUT2D eigenvalue weighted by atomic mass is 31.2. The number of anilines is 1. The number of esters is 1. The van der Waals surface area contributed by atoms with E-state index in [1.54, 1.807) is 37.3 Å². The highest BCUT2D eigenvalue weighted by Crippen LogP contribution is 2.48. The van der Waals surface area contributed by atoms with E-state index in [1.807, 2.05) is 6.92 Å². The monoisotopic (exact) mass is 596 g/mol. The van der Waals surface area contributed by atoms with Crippen LogP contribution in [0, 0.1) is 0 Å². The Morgan fingerprint density at radius 2 is 2.05 bits per heavy atom. The molecule has 16 heteroatoms. The van der Waals surface area contributed by atoms with Gasteiger partial charge in [0.25, 0.3) is 0 Å². The van der Waals surface area contributed by atoms with Crippen molar-refractivity contribution in [3.8, 4) is 11.6 Å². The van der Waals surface area contributed by atoms with E-state index in [4.69, 9.17) is 29.0 Å². The van der Waals surface area contributed by atoms with E-state index in [-0.39, 0.29) is 42.0 Å². The van der Waals surface area contributed by atoms with Gasteiger partial charge >= 0.3 is 13.7 Å². The van der Waals surface area contributed by atoms with E-state index in [9.17, 15) is 14.5 Å². The number of nitrogen functional groups attached to an aromatic ring is 1. The molecule has 1 aliphatic heterocycles. The number of carbonyl (C=O) groups is 1. The number of aliphatic hydroxyl groups excluding tert-OH is 1. The number of ether oxygens (including phenoxy) is 3. The lowest BCUT2D eigenvalue weighted by Crippen LogP contribution is -2.41. The molecule has 1 fully saturated rings. The first kappa shape index (κ1) is 30.6. The number of hydrogen-bond donors (Lipinski definition) is 3. The number of benzene rings is 1. The van der Waals surface area contributed by atoms with Gasteiger partial charge in [-0.05, 0) is 39.3 Å². The van der Waals surface area contributed by atoms with Crippen molar-refractivity contribution in [2.24, 2.45) is 0 Å². The van der Waals surface area contributed by atoms with E-state index in [2.05, 4.69) is 20.0 Å². The van der Waals surface area contributed by atoms with Crippen LogP contribution in [0.15, 0.2) is 36.7 Å². The molecular formula is C25H34FN6O8P. The van der Waals surface area contributed by atoms with Gasteiger partial charge in [-0.1, -0.05) is 25.1 Å². The van der Waals surface area contributed by atoms with Crippen LogP contribution in [0.5, 0.6) is 11.6 Å². The Bertz CT molecular complexity index is 1390. The third kappa shape index (κ3) is 6.76. The van der Waals surface area contributed by atoms with E-state index in [0.29, 0.717) is 6.42 Å². The van der Waals surface area contributed by atoms with E-state index < -0.39 is 50.5 Å². The fourth-order valence-electron chi connectivity index (χ4n) is 4.17. The van der Waals surface area contributed by atoms with Crippen molar-refractivity contribution in [3.63, 3.8) is 0 Å². The first-order valence-electron chi connectivity index (χ1n) is 13.1. The summed E-state index contributed by atoms with van der Waals surface area (Å²) in [7, 11) is -4.28. The Morgan fingerprint density at radius 1 is 1.32 bits per heavy atom. The lowest BCUT2D eigenvalue weighted by atomic mass is 9.98. The molecule has 0 aliphatic carbocycles. The molecule has 6 atom stereocenters. The van der Waals surface area contributed by atoms with Crippen molar-refractivity contribution < 1.29 is 42.1 Å². The molecule has 0 spiro atoms. The summed E-state index contributed by atoms with van der Waals surface area (Å²) in [5, 5.41) is 13.4. The van der Waals surface area contributed by atoms with Crippen LogP contribution in [0.1, 0.15) is 40.3 Å². The topological polar surface area (TPSA) is 182 Å². The first-order valence-corrected chi connectivity index (χ1v) is 14.6. The Labute approximate surface area is 235 Å². The predicted molar refractivity (Wildman–Crippen MR) is 145 cm³/mol. The van der Waals surface area contributed by atoms with Crippen LogP contribution in [0.2, 0.25) is 0 Å². The highest BCUT2D eigenvalue weighted by Gasteiger charge is 2.56. The highest BCUT2D eigenvalue weighted by molar-refractivity contribution is 7.52. The van der Waals surface area contributed by atoms with Gasteiger partial charge in [0, 0.05) is 0 Å². The van der Waals surface area contributed by atoms with Crippen LogP contribution in [0.3, 0.4) is 0 Å². The zero-order valence-corrected chi connectivity index (χ0v) is 24.0. The van der Waals surface area contributed by atoms with Crippen molar-refractivity contribution in [3.05, 3.63) is 36.7 Å².